The summed E-state index contributed by atoms with van der Waals surface area (Å²) in [6.07, 6.45) is 0. The van der Waals surface area contributed by atoms with Gasteiger partial charge in [-0.2, -0.15) is 5.06 Å². The number of hydrogen-bond acceptors (Lipinski definition) is 3. The largest absolute Gasteiger partial charge is 0.395 e. The zero-order valence-corrected chi connectivity index (χ0v) is 6.84. The van der Waals surface area contributed by atoms with Crippen LogP contribution in [0.3, 0.4) is 0 Å². The summed E-state index contributed by atoms with van der Waals surface area (Å²) in [4.78, 5) is 11.3. The number of para-hydroxylation sites is 1. The second-order valence-electron chi connectivity index (χ2n) is 2.94. The number of benzene rings is 1. The van der Waals surface area contributed by atoms with E-state index in [1.165, 1.54) is 0 Å². The molecule has 0 saturated heterocycles. The molecule has 1 amide bonds. The molecule has 2 N–H and O–H groups in total. The van der Waals surface area contributed by atoms with Gasteiger partial charge in [0.2, 0.25) is 0 Å². The molecule has 0 bridgehead atoms. The van der Waals surface area contributed by atoms with Gasteiger partial charge in [0, 0.05) is 0 Å². The van der Waals surface area contributed by atoms with Crippen LogP contribution in [0.2, 0.25) is 0 Å². The average Bonchev–Trinajstić information content (AvgIpc) is 2.41. The van der Waals surface area contributed by atoms with Crippen LogP contribution in [0.1, 0.15) is 11.5 Å². The lowest BCUT2D eigenvalue weighted by atomic mass is 10.0. The minimum Gasteiger partial charge on any atom is -0.395 e. The molecule has 68 valence electrons. The minimum atomic E-state index is -0.610. The van der Waals surface area contributed by atoms with Crippen molar-refractivity contribution < 1.29 is 15.1 Å². The molecule has 0 saturated carbocycles. The number of rotatable bonds is 1. The van der Waals surface area contributed by atoms with E-state index in [2.05, 4.69) is 0 Å². The lowest BCUT2D eigenvalue weighted by Crippen LogP contribution is -2.26. The monoisotopic (exact) mass is 179 g/mol. The van der Waals surface area contributed by atoms with Gasteiger partial charge >= 0.3 is 0 Å². The van der Waals surface area contributed by atoms with Crippen LogP contribution in [0.4, 0.5) is 5.69 Å². The van der Waals surface area contributed by atoms with Crippen LogP contribution in [0, 0.1) is 0 Å². The first-order chi connectivity index (χ1) is 6.25. The number of aliphatic hydroxyl groups is 1. The molecule has 0 aliphatic carbocycles. The van der Waals surface area contributed by atoms with E-state index >= 15 is 0 Å². The van der Waals surface area contributed by atoms with Crippen molar-refractivity contribution in [3.63, 3.8) is 0 Å². The molecule has 4 heteroatoms. The van der Waals surface area contributed by atoms with Crippen molar-refractivity contribution in [1.29, 1.82) is 0 Å². The van der Waals surface area contributed by atoms with Crippen LogP contribution in [0.15, 0.2) is 24.3 Å². The Morgan fingerprint density at radius 2 is 2.08 bits per heavy atom. The second kappa shape index (κ2) is 2.83. The molecule has 1 aromatic rings. The van der Waals surface area contributed by atoms with Crippen LogP contribution < -0.4 is 5.06 Å². The van der Waals surface area contributed by atoms with Gasteiger partial charge in [0.1, 0.15) is 0 Å². The summed E-state index contributed by atoms with van der Waals surface area (Å²) >= 11 is 0. The number of aliphatic hydroxyl groups excluding tert-OH is 1. The van der Waals surface area contributed by atoms with Gasteiger partial charge in [-0.3, -0.25) is 10.0 Å². The van der Waals surface area contributed by atoms with Crippen LogP contribution in [0.25, 0.3) is 0 Å². The van der Waals surface area contributed by atoms with Gasteiger partial charge < -0.3 is 5.11 Å². The molecule has 1 aliphatic heterocycles. The molecule has 0 spiro atoms. The maximum atomic E-state index is 11.3. The van der Waals surface area contributed by atoms with Gasteiger partial charge in [-0.15, -0.1) is 0 Å². The summed E-state index contributed by atoms with van der Waals surface area (Å²) in [5, 5.41) is 18.9. The fourth-order valence-corrected chi connectivity index (χ4v) is 1.55. The molecular formula is C9H9NO3. The maximum absolute atomic E-state index is 11.3. The van der Waals surface area contributed by atoms with Crippen LogP contribution in [0.5, 0.6) is 0 Å². The Hall–Kier alpha value is -1.39. The van der Waals surface area contributed by atoms with Gasteiger partial charge in [0.15, 0.2) is 0 Å². The van der Waals surface area contributed by atoms with Crippen molar-refractivity contribution >= 4 is 11.6 Å². The summed E-state index contributed by atoms with van der Waals surface area (Å²) < 4.78 is 0. The lowest BCUT2D eigenvalue weighted by molar-refractivity contribution is -0.124. The fraction of sp³-hybridized carbons (Fsp3) is 0.222. The molecule has 0 aromatic heterocycles. The van der Waals surface area contributed by atoms with E-state index in [4.69, 9.17) is 5.11 Å². The van der Waals surface area contributed by atoms with Crippen molar-refractivity contribution in [2.75, 3.05) is 11.7 Å². The molecule has 1 unspecified atom stereocenters. The van der Waals surface area contributed by atoms with Crippen LogP contribution in [-0.2, 0) is 4.79 Å². The zero-order chi connectivity index (χ0) is 9.42. The Balaban J connectivity index is 2.53. The number of nitrogens with zero attached hydrogens (tertiary/aromatic N) is 1. The number of hydroxylamine groups is 1. The number of carbonyl (C=O) groups is 1. The van der Waals surface area contributed by atoms with E-state index in [0.29, 0.717) is 16.3 Å². The Morgan fingerprint density at radius 3 is 2.77 bits per heavy atom. The molecule has 1 atom stereocenters. The molecule has 13 heavy (non-hydrogen) atoms. The molecule has 1 aromatic carbocycles. The highest BCUT2D eigenvalue weighted by molar-refractivity contribution is 6.03. The highest BCUT2D eigenvalue weighted by Crippen LogP contribution is 2.35. The van der Waals surface area contributed by atoms with Gasteiger partial charge in [-0.05, 0) is 11.6 Å². The lowest BCUT2D eigenvalue weighted by Gasteiger charge is -2.06. The number of fused-ring (bicyclic) bond motifs is 1. The summed E-state index contributed by atoms with van der Waals surface area (Å²) in [5.74, 6) is -1.08. The van der Waals surface area contributed by atoms with E-state index in [0.717, 1.165) is 0 Å². The van der Waals surface area contributed by atoms with Gasteiger partial charge in [0.25, 0.3) is 5.91 Å². The third kappa shape index (κ3) is 1.03. The van der Waals surface area contributed by atoms with E-state index in [9.17, 15) is 10.0 Å². The first-order valence-corrected chi connectivity index (χ1v) is 3.98. The van der Waals surface area contributed by atoms with Crippen LogP contribution >= 0.6 is 0 Å². The number of amides is 1. The molecular weight excluding hydrogens is 170 g/mol. The van der Waals surface area contributed by atoms with E-state index in [1.807, 2.05) is 0 Å². The molecule has 0 radical (unpaired) electrons. The molecule has 0 fully saturated rings. The summed E-state index contributed by atoms with van der Waals surface area (Å²) in [6.45, 7) is -0.271. The van der Waals surface area contributed by atoms with Crippen molar-refractivity contribution in [3.05, 3.63) is 29.8 Å². The van der Waals surface area contributed by atoms with Crippen molar-refractivity contribution in [2.45, 2.75) is 5.92 Å². The molecule has 1 aliphatic rings. The van der Waals surface area contributed by atoms with Gasteiger partial charge in [0.05, 0.1) is 18.2 Å². The molecule has 1 heterocycles. The minimum absolute atomic E-state index is 0.271. The number of hydrogen-bond donors (Lipinski definition) is 2. The van der Waals surface area contributed by atoms with Gasteiger partial charge in [-0.1, -0.05) is 18.2 Å². The third-order valence-electron chi connectivity index (χ3n) is 2.23. The van der Waals surface area contributed by atoms with Gasteiger partial charge in [-0.25, -0.2) is 0 Å². The number of anilines is 1. The van der Waals surface area contributed by atoms with Crippen LogP contribution in [-0.4, -0.2) is 22.8 Å². The Labute approximate surface area is 75.0 Å². The fourth-order valence-electron chi connectivity index (χ4n) is 1.55. The first-order valence-electron chi connectivity index (χ1n) is 3.98. The average molecular weight is 179 g/mol. The second-order valence-corrected chi connectivity index (χ2v) is 2.94. The third-order valence-corrected chi connectivity index (χ3v) is 2.23. The quantitative estimate of drug-likeness (QED) is 0.617. The maximum Gasteiger partial charge on any atom is 0.260 e. The summed E-state index contributed by atoms with van der Waals surface area (Å²) in [7, 11) is 0. The Kier molecular flexibility index (Phi) is 1.79. The standard InChI is InChI=1S/C9H9NO3/c11-5-7-6-3-1-2-4-8(6)10(13)9(7)12/h1-4,7,11,13H,5H2. The zero-order valence-electron chi connectivity index (χ0n) is 6.84. The smallest absolute Gasteiger partial charge is 0.260 e. The van der Waals surface area contributed by atoms with E-state index in [-0.39, 0.29) is 6.61 Å². The SMILES string of the molecule is O=C1C(CO)c2ccccc2N1O. The number of carbonyl (C=O) groups excluding carboxylic acids is 1. The highest BCUT2D eigenvalue weighted by Gasteiger charge is 2.35. The van der Waals surface area contributed by atoms with Crippen molar-refractivity contribution in [1.82, 2.24) is 0 Å². The predicted molar refractivity (Wildman–Crippen MR) is 45.5 cm³/mol. The molecule has 4 nitrogen and oxygen atoms in total. The Bertz CT molecular complexity index is 350. The van der Waals surface area contributed by atoms with Crippen molar-refractivity contribution in [2.24, 2.45) is 0 Å². The topological polar surface area (TPSA) is 60.8 Å². The van der Waals surface area contributed by atoms with E-state index in [1.54, 1.807) is 24.3 Å². The predicted octanol–water partition coefficient (Wildman–Crippen LogP) is 0.498. The first kappa shape index (κ1) is 8.22. The highest BCUT2D eigenvalue weighted by atomic mass is 16.5. The molecule has 2 rings (SSSR count). The summed E-state index contributed by atoms with van der Waals surface area (Å²) in [5.41, 5.74) is 1.14. The normalized spacial score (nSPS) is 20.6. The van der Waals surface area contributed by atoms with Crippen molar-refractivity contribution in [3.8, 4) is 0 Å². The summed E-state index contributed by atoms with van der Waals surface area (Å²) in [6, 6.07) is 6.87. The Morgan fingerprint density at radius 1 is 1.38 bits per heavy atom. The van der Waals surface area contributed by atoms with E-state index < -0.39 is 11.8 Å².